The highest BCUT2D eigenvalue weighted by atomic mass is 35.5. The molecule has 1 heterocycles. The minimum atomic E-state index is -0.189. The topological polar surface area (TPSA) is 56.0 Å². The fourth-order valence-electron chi connectivity index (χ4n) is 1.43. The fraction of sp³-hybridized carbons (Fsp3) is 0. The summed E-state index contributed by atoms with van der Waals surface area (Å²) in [5.74, 6) is -0.189. The molecule has 0 amide bonds. The third-order valence-electron chi connectivity index (χ3n) is 2.22. The standard InChI is InChI=1S/C12H9ClN2O/c13-9-2-1-3-10(14)11(9)12(16)8-4-6-15-7-5-8/h1-7H,14H2. The summed E-state index contributed by atoms with van der Waals surface area (Å²) in [5, 5.41) is 0.363. The summed E-state index contributed by atoms with van der Waals surface area (Å²) in [4.78, 5) is 15.9. The first-order chi connectivity index (χ1) is 7.70. The second kappa shape index (κ2) is 4.33. The van der Waals surface area contributed by atoms with Crippen LogP contribution in [0.4, 0.5) is 5.69 Å². The van der Waals surface area contributed by atoms with Gasteiger partial charge < -0.3 is 5.73 Å². The van der Waals surface area contributed by atoms with E-state index in [4.69, 9.17) is 17.3 Å². The lowest BCUT2D eigenvalue weighted by Gasteiger charge is -2.06. The first-order valence-corrected chi connectivity index (χ1v) is 5.06. The second-order valence-electron chi connectivity index (χ2n) is 3.27. The van der Waals surface area contributed by atoms with Crippen LogP contribution in [-0.2, 0) is 0 Å². The molecule has 2 N–H and O–H groups in total. The molecule has 2 rings (SSSR count). The summed E-state index contributed by atoms with van der Waals surface area (Å²) in [6.07, 6.45) is 3.11. The number of nitrogens with zero attached hydrogens (tertiary/aromatic N) is 1. The number of anilines is 1. The van der Waals surface area contributed by atoms with E-state index in [1.54, 1.807) is 42.7 Å². The average Bonchev–Trinajstić information content (AvgIpc) is 2.30. The van der Waals surface area contributed by atoms with Gasteiger partial charge in [-0.25, -0.2) is 0 Å². The minimum absolute atomic E-state index is 0.189. The van der Waals surface area contributed by atoms with Crippen LogP contribution < -0.4 is 5.73 Å². The summed E-state index contributed by atoms with van der Waals surface area (Å²) >= 11 is 5.96. The molecule has 0 atom stereocenters. The maximum Gasteiger partial charge on any atom is 0.196 e. The molecule has 3 nitrogen and oxygen atoms in total. The van der Waals surface area contributed by atoms with Gasteiger partial charge in [-0.2, -0.15) is 0 Å². The SMILES string of the molecule is Nc1cccc(Cl)c1C(=O)c1ccncc1. The van der Waals surface area contributed by atoms with E-state index in [9.17, 15) is 4.79 Å². The number of rotatable bonds is 2. The highest BCUT2D eigenvalue weighted by molar-refractivity contribution is 6.35. The van der Waals surface area contributed by atoms with Gasteiger partial charge in [0.15, 0.2) is 5.78 Å². The Kier molecular flexibility index (Phi) is 2.88. The van der Waals surface area contributed by atoms with Crippen molar-refractivity contribution in [1.82, 2.24) is 4.98 Å². The Morgan fingerprint density at radius 1 is 1.19 bits per heavy atom. The third-order valence-corrected chi connectivity index (χ3v) is 2.53. The van der Waals surface area contributed by atoms with E-state index >= 15 is 0 Å². The van der Waals surface area contributed by atoms with Gasteiger partial charge in [-0.3, -0.25) is 9.78 Å². The van der Waals surface area contributed by atoms with Crippen molar-refractivity contribution < 1.29 is 4.79 Å². The van der Waals surface area contributed by atoms with E-state index in [2.05, 4.69) is 4.98 Å². The first-order valence-electron chi connectivity index (χ1n) is 4.69. The van der Waals surface area contributed by atoms with Crippen LogP contribution in [0.5, 0.6) is 0 Å². The average molecular weight is 233 g/mol. The maximum atomic E-state index is 12.1. The van der Waals surface area contributed by atoms with Gasteiger partial charge in [-0.05, 0) is 24.3 Å². The zero-order chi connectivity index (χ0) is 11.5. The monoisotopic (exact) mass is 232 g/mol. The Morgan fingerprint density at radius 3 is 2.50 bits per heavy atom. The smallest absolute Gasteiger partial charge is 0.196 e. The van der Waals surface area contributed by atoms with Gasteiger partial charge in [-0.15, -0.1) is 0 Å². The first kappa shape index (κ1) is 10.6. The van der Waals surface area contributed by atoms with Crippen LogP contribution in [0, 0.1) is 0 Å². The van der Waals surface area contributed by atoms with Gasteiger partial charge in [0.25, 0.3) is 0 Å². The van der Waals surface area contributed by atoms with Gasteiger partial charge in [-0.1, -0.05) is 17.7 Å². The molecule has 0 spiro atoms. The van der Waals surface area contributed by atoms with Crippen LogP contribution in [0.15, 0.2) is 42.7 Å². The maximum absolute atomic E-state index is 12.1. The van der Waals surface area contributed by atoms with Crippen molar-refractivity contribution in [1.29, 1.82) is 0 Å². The molecule has 1 aromatic heterocycles. The van der Waals surface area contributed by atoms with Crippen molar-refractivity contribution >= 4 is 23.1 Å². The molecule has 0 bridgehead atoms. The number of nitrogen functional groups attached to an aromatic ring is 1. The van der Waals surface area contributed by atoms with E-state index < -0.39 is 0 Å². The molecule has 0 aliphatic rings. The predicted octanol–water partition coefficient (Wildman–Crippen LogP) is 2.55. The van der Waals surface area contributed by atoms with E-state index in [0.29, 0.717) is 21.8 Å². The summed E-state index contributed by atoms with van der Waals surface area (Å²) in [6, 6.07) is 8.27. The normalized spacial score (nSPS) is 10.1. The van der Waals surface area contributed by atoms with E-state index in [-0.39, 0.29) is 5.78 Å². The molecular formula is C12H9ClN2O. The number of nitrogens with two attached hydrogens (primary N) is 1. The molecule has 0 unspecified atom stereocenters. The van der Waals surface area contributed by atoms with E-state index in [1.165, 1.54) is 0 Å². The lowest BCUT2D eigenvalue weighted by Crippen LogP contribution is -2.06. The summed E-state index contributed by atoms with van der Waals surface area (Å²) in [6.45, 7) is 0. The molecule has 0 aliphatic heterocycles. The summed E-state index contributed by atoms with van der Waals surface area (Å²) < 4.78 is 0. The zero-order valence-electron chi connectivity index (χ0n) is 8.35. The molecule has 4 heteroatoms. The number of halogens is 1. The molecule has 0 saturated carbocycles. The molecule has 0 aliphatic carbocycles. The van der Waals surface area contributed by atoms with Crippen LogP contribution >= 0.6 is 11.6 Å². The number of ketones is 1. The molecule has 0 saturated heterocycles. The molecule has 2 aromatic rings. The highest BCUT2D eigenvalue weighted by Gasteiger charge is 2.15. The number of pyridine rings is 1. The Bertz CT molecular complexity index is 506. The molecular weight excluding hydrogens is 224 g/mol. The minimum Gasteiger partial charge on any atom is -0.398 e. The van der Waals surface area contributed by atoms with Crippen molar-refractivity contribution in [2.24, 2.45) is 0 Å². The number of hydrogen-bond donors (Lipinski definition) is 1. The van der Waals surface area contributed by atoms with Crippen LogP contribution in [0.3, 0.4) is 0 Å². The molecule has 0 fully saturated rings. The van der Waals surface area contributed by atoms with Gasteiger partial charge >= 0.3 is 0 Å². The molecule has 1 aromatic carbocycles. The van der Waals surface area contributed by atoms with Crippen molar-refractivity contribution in [2.75, 3.05) is 5.73 Å². The number of hydrogen-bond acceptors (Lipinski definition) is 3. The van der Waals surface area contributed by atoms with Gasteiger partial charge in [0, 0.05) is 23.6 Å². The summed E-state index contributed by atoms with van der Waals surface area (Å²) in [7, 11) is 0. The Morgan fingerprint density at radius 2 is 1.88 bits per heavy atom. The van der Waals surface area contributed by atoms with Crippen LogP contribution in [0.25, 0.3) is 0 Å². The van der Waals surface area contributed by atoms with Crippen LogP contribution in [0.1, 0.15) is 15.9 Å². The highest BCUT2D eigenvalue weighted by Crippen LogP contribution is 2.24. The van der Waals surface area contributed by atoms with Crippen LogP contribution in [-0.4, -0.2) is 10.8 Å². The molecule has 80 valence electrons. The van der Waals surface area contributed by atoms with Crippen molar-refractivity contribution in [3.8, 4) is 0 Å². The van der Waals surface area contributed by atoms with Gasteiger partial charge in [0.1, 0.15) is 0 Å². The van der Waals surface area contributed by atoms with Crippen molar-refractivity contribution in [3.05, 3.63) is 58.9 Å². The van der Waals surface area contributed by atoms with E-state index in [0.717, 1.165) is 0 Å². The lowest BCUT2D eigenvalue weighted by atomic mass is 10.0. The Labute approximate surface area is 97.9 Å². The predicted molar refractivity (Wildman–Crippen MR) is 63.5 cm³/mol. The quantitative estimate of drug-likeness (QED) is 0.640. The second-order valence-corrected chi connectivity index (χ2v) is 3.68. The molecule has 0 radical (unpaired) electrons. The number of carbonyl (C=O) groups excluding carboxylic acids is 1. The van der Waals surface area contributed by atoms with Crippen LogP contribution in [0.2, 0.25) is 5.02 Å². The van der Waals surface area contributed by atoms with E-state index in [1.807, 2.05) is 0 Å². The number of benzene rings is 1. The Balaban J connectivity index is 2.50. The van der Waals surface area contributed by atoms with Gasteiger partial charge in [0.2, 0.25) is 0 Å². The zero-order valence-corrected chi connectivity index (χ0v) is 9.11. The summed E-state index contributed by atoms with van der Waals surface area (Å²) in [5.41, 5.74) is 6.99. The lowest BCUT2D eigenvalue weighted by molar-refractivity contribution is 0.103. The largest absolute Gasteiger partial charge is 0.398 e. The third kappa shape index (κ3) is 1.90. The number of carbonyl (C=O) groups is 1. The molecule has 16 heavy (non-hydrogen) atoms. The van der Waals surface area contributed by atoms with Crippen molar-refractivity contribution in [2.45, 2.75) is 0 Å². The van der Waals surface area contributed by atoms with Gasteiger partial charge in [0.05, 0.1) is 10.6 Å². The Hall–Kier alpha value is -1.87. The number of aromatic nitrogens is 1. The fourth-order valence-corrected chi connectivity index (χ4v) is 1.70. The van der Waals surface area contributed by atoms with Crippen molar-refractivity contribution in [3.63, 3.8) is 0 Å².